The van der Waals surface area contributed by atoms with Gasteiger partial charge in [0.15, 0.2) is 0 Å². The van der Waals surface area contributed by atoms with Crippen molar-refractivity contribution in [3.05, 3.63) is 72.2 Å². The van der Waals surface area contributed by atoms with Crippen LogP contribution in [0.4, 0.5) is 0 Å². The van der Waals surface area contributed by atoms with Crippen molar-refractivity contribution < 1.29 is 0 Å². The predicted octanol–water partition coefficient (Wildman–Crippen LogP) is 3.13. The summed E-state index contributed by atoms with van der Waals surface area (Å²) in [7, 11) is 0. The third kappa shape index (κ3) is 2.65. The molecule has 4 heterocycles. The maximum atomic E-state index is 4.95. The number of guanidine groups is 1. The lowest BCUT2D eigenvalue weighted by Crippen LogP contribution is -2.36. The largest absolute Gasteiger partial charge is 0.361 e. The quantitative estimate of drug-likeness (QED) is 0.792. The van der Waals surface area contributed by atoms with Crippen LogP contribution in [0.1, 0.15) is 11.1 Å². The fourth-order valence-corrected chi connectivity index (χ4v) is 3.82. The molecule has 26 heavy (non-hydrogen) atoms. The van der Waals surface area contributed by atoms with E-state index in [2.05, 4.69) is 56.3 Å². The minimum atomic E-state index is 0.931. The Morgan fingerprint density at radius 1 is 1.04 bits per heavy atom. The van der Waals surface area contributed by atoms with Gasteiger partial charge in [-0.25, -0.2) is 4.99 Å². The van der Waals surface area contributed by atoms with Crippen LogP contribution in [0.5, 0.6) is 0 Å². The molecule has 1 N–H and O–H groups in total. The molecule has 0 atom stereocenters. The highest BCUT2D eigenvalue weighted by Crippen LogP contribution is 2.24. The first kappa shape index (κ1) is 15.2. The Kier molecular flexibility index (Phi) is 3.70. The molecule has 5 rings (SSSR count). The molecule has 2 aliphatic rings. The van der Waals surface area contributed by atoms with Crippen LogP contribution < -0.4 is 0 Å². The number of rotatable bonds is 4. The highest BCUT2D eigenvalue weighted by molar-refractivity contribution is 5.90. The Morgan fingerprint density at radius 2 is 1.92 bits per heavy atom. The van der Waals surface area contributed by atoms with Crippen LogP contribution >= 0.6 is 0 Å². The normalized spacial score (nSPS) is 16.6. The van der Waals surface area contributed by atoms with Gasteiger partial charge >= 0.3 is 0 Å². The van der Waals surface area contributed by atoms with Crippen LogP contribution in [0.25, 0.3) is 16.6 Å². The summed E-state index contributed by atoms with van der Waals surface area (Å²) >= 11 is 0. The van der Waals surface area contributed by atoms with Gasteiger partial charge in [0, 0.05) is 61.2 Å². The number of aliphatic imine (C=N–C) groups is 1. The zero-order valence-corrected chi connectivity index (χ0v) is 14.6. The smallest absolute Gasteiger partial charge is 0.202 e. The predicted molar refractivity (Wildman–Crippen MR) is 105 cm³/mol. The van der Waals surface area contributed by atoms with Gasteiger partial charge in [-0.1, -0.05) is 18.2 Å². The summed E-state index contributed by atoms with van der Waals surface area (Å²) in [5.74, 6) is 1.11. The molecule has 0 spiro atoms. The highest BCUT2D eigenvalue weighted by Gasteiger charge is 2.28. The summed E-state index contributed by atoms with van der Waals surface area (Å²) in [6.45, 7) is 4.01. The molecule has 0 unspecified atom stereocenters. The summed E-state index contributed by atoms with van der Waals surface area (Å²) in [6.07, 6.45) is 9.02. The number of fused-ring (bicyclic) bond motifs is 2. The fourth-order valence-electron chi connectivity index (χ4n) is 3.82. The van der Waals surface area contributed by atoms with Gasteiger partial charge in [-0.15, -0.1) is 0 Å². The second-order valence-corrected chi connectivity index (χ2v) is 6.78. The lowest BCUT2D eigenvalue weighted by atomic mass is 10.1. The van der Waals surface area contributed by atoms with Crippen molar-refractivity contribution in [1.82, 2.24) is 19.8 Å². The van der Waals surface area contributed by atoms with Crippen molar-refractivity contribution in [3.63, 3.8) is 0 Å². The summed E-state index contributed by atoms with van der Waals surface area (Å²) in [4.78, 5) is 17.2. The summed E-state index contributed by atoms with van der Waals surface area (Å²) in [5.41, 5.74) is 4.78. The SMILES string of the molecule is C1=C(c2ccncc2)N=C2N(C1)CCN2CCc1c[nH]c2ccccc12. The van der Waals surface area contributed by atoms with Crippen molar-refractivity contribution in [2.75, 3.05) is 26.2 Å². The van der Waals surface area contributed by atoms with Crippen LogP contribution in [-0.2, 0) is 6.42 Å². The summed E-state index contributed by atoms with van der Waals surface area (Å²) < 4.78 is 0. The summed E-state index contributed by atoms with van der Waals surface area (Å²) in [5, 5.41) is 1.33. The molecule has 1 saturated heterocycles. The molecule has 2 aliphatic heterocycles. The standard InChI is InChI=1S/C21H21N5/c1-2-4-20-18(3-1)17(15-23-20)7-11-25-13-14-26-12-8-19(24-21(25)26)16-5-9-22-10-6-16/h1-6,8-10,15,23H,7,11-14H2. The first-order chi connectivity index (χ1) is 12.9. The van der Waals surface area contributed by atoms with Crippen LogP contribution in [-0.4, -0.2) is 51.9 Å². The number of pyridine rings is 1. The number of nitrogens with one attached hydrogen (secondary N) is 1. The van der Waals surface area contributed by atoms with E-state index in [1.807, 2.05) is 24.5 Å². The van der Waals surface area contributed by atoms with Crippen molar-refractivity contribution in [2.45, 2.75) is 6.42 Å². The first-order valence-electron chi connectivity index (χ1n) is 9.12. The number of hydrogen-bond acceptors (Lipinski definition) is 4. The molecule has 130 valence electrons. The van der Waals surface area contributed by atoms with E-state index in [-0.39, 0.29) is 0 Å². The Bertz CT molecular complexity index is 986. The van der Waals surface area contributed by atoms with Crippen molar-refractivity contribution in [1.29, 1.82) is 0 Å². The van der Waals surface area contributed by atoms with E-state index in [1.54, 1.807) is 0 Å². The average Bonchev–Trinajstić information content (AvgIpc) is 3.30. The van der Waals surface area contributed by atoms with Gasteiger partial charge in [0.1, 0.15) is 0 Å². The number of hydrogen-bond donors (Lipinski definition) is 1. The van der Waals surface area contributed by atoms with Crippen LogP contribution in [0.3, 0.4) is 0 Å². The van der Waals surface area contributed by atoms with Gasteiger partial charge in [-0.05, 0) is 36.3 Å². The number of aromatic nitrogens is 2. The second kappa shape index (κ2) is 6.33. The highest BCUT2D eigenvalue weighted by atomic mass is 15.4. The molecule has 1 aromatic carbocycles. The third-order valence-corrected chi connectivity index (χ3v) is 5.23. The van der Waals surface area contributed by atoms with Gasteiger partial charge in [0.05, 0.1) is 5.70 Å². The monoisotopic (exact) mass is 343 g/mol. The topological polar surface area (TPSA) is 47.5 Å². The van der Waals surface area contributed by atoms with Crippen LogP contribution in [0.2, 0.25) is 0 Å². The first-order valence-corrected chi connectivity index (χ1v) is 9.12. The van der Waals surface area contributed by atoms with Crippen molar-refractivity contribution in [3.8, 4) is 0 Å². The average molecular weight is 343 g/mol. The Balaban J connectivity index is 1.35. The zero-order valence-electron chi connectivity index (χ0n) is 14.6. The Labute approximate surface area is 152 Å². The molecule has 0 bridgehead atoms. The van der Waals surface area contributed by atoms with E-state index in [0.29, 0.717) is 0 Å². The minimum absolute atomic E-state index is 0.931. The lowest BCUT2D eigenvalue weighted by molar-refractivity contribution is 0.467. The van der Waals surface area contributed by atoms with E-state index >= 15 is 0 Å². The van der Waals surface area contributed by atoms with Gasteiger partial charge < -0.3 is 14.8 Å². The Morgan fingerprint density at radius 3 is 2.85 bits per heavy atom. The molecule has 5 heteroatoms. The van der Waals surface area contributed by atoms with E-state index in [0.717, 1.165) is 49.8 Å². The van der Waals surface area contributed by atoms with Gasteiger partial charge in [0.25, 0.3) is 0 Å². The molecule has 3 aromatic rings. The zero-order chi connectivity index (χ0) is 17.3. The molecule has 0 saturated carbocycles. The second-order valence-electron chi connectivity index (χ2n) is 6.78. The van der Waals surface area contributed by atoms with Crippen LogP contribution in [0.15, 0.2) is 66.1 Å². The third-order valence-electron chi connectivity index (χ3n) is 5.23. The maximum Gasteiger partial charge on any atom is 0.202 e. The fraction of sp³-hybridized carbons (Fsp3) is 0.238. The van der Waals surface area contributed by atoms with Crippen LogP contribution in [0, 0.1) is 0 Å². The van der Waals surface area contributed by atoms with Gasteiger partial charge in [0.2, 0.25) is 5.96 Å². The number of nitrogens with zero attached hydrogens (tertiary/aromatic N) is 4. The minimum Gasteiger partial charge on any atom is -0.361 e. The molecular formula is C21H21N5. The number of para-hydroxylation sites is 1. The molecular weight excluding hydrogens is 322 g/mol. The summed E-state index contributed by atoms with van der Waals surface area (Å²) in [6, 6.07) is 12.6. The molecule has 0 radical (unpaired) electrons. The van der Waals surface area contributed by atoms with E-state index < -0.39 is 0 Å². The molecule has 1 fully saturated rings. The van der Waals surface area contributed by atoms with E-state index in [4.69, 9.17) is 4.99 Å². The van der Waals surface area contributed by atoms with Crippen molar-refractivity contribution >= 4 is 22.6 Å². The molecule has 5 nitrogen and oxygen atoms in total. The van der Waals surface area contributed by atoms with Gasteiger partial charge in [-0.3, -0.25) is 4.98 Å². The van der Waals surface area contributed by atoms with Crippen molar-refractivity contribution in [2.24, 2.45) is 4.99 Å². The van der Waals surface area contributed by atoms with E-state index in [1.165, 1.54) is 16.5 Å². The molecule has 2 aromatic heterocycles. The van der Waals surface area contributed by atoms with E-state index in [9.17, 15) is 0 Å². The number of benzene rings is 1. The molecule has 0 aliphatic carbocycles. The molecule has 0 amide bonds. The number of H-pyrrole nitrogens is 1. The Hall–Kier alpha value is -3.08. The van der Waals surface area contributed by atoms with Gasteiger partial charge in [-0.2, -0.15) is 0 Å². The maximum absolute atomic E-state index is 4.95. The number of aromatic amines is 1. The lowest BCUT2D eigenvalue weighted by Gasteiger charge is -2.26.